The van der Waals surface area contributed by atoms with E-state index in [-0.39, 0.29) is 11.3 Å². The predicted molar refractivity (Wildman–Crippen MR) is 45.3 cm³/mol. The molecule has 0 N–H and O–H groups in total. The van der Waals surface area contributed by atoms with Crippen molar-refractivity contribution >= 4 is 0 Å². The average molecular weight is 158 g/mol. The molecule has 0 aromatic carbocycles. The smallest absolute Gasteiger partial charge is 0.0665 e. The Morgan fingerprint density at radius 1 is 1.75 bits per heavy atom. The van der Waals surface area contributed by atoms with Gasteiger partial charge < -0.3 is 0 Å². The van der Waals surface area contributed by atoms with Crippen LogP contribution in [0, 0.1) is 17.2 Å². The summed E-state index contributed by atoms with van der Waals surface area (Å²) in [7, 11) is 0. The molecule has 1 aliphatic carbocycles. The molecule has 0 spiro atoms. The highest BCUT2D eigenvalue weighted by molar-refractivity contribution is 5.33. The van der Waals surface area contributed by atoms with Crippen LogP contribution in [-0.2, 0) is 5.41 Å². The van der Waals surface area contributed by atoms with Gasteiger partial charge in [0.1, 0.15) is 0 Å². The second-order valence-electron chi connectivity index (χ2n) is 3.54. The lowest BCUT2D eigenvalue weighted by Gasteiger charge is -2.06. The Morgan fingerprint density at radius 3 is 3.08 bits per heavy atom. The van der Waals surface area contributed by atoms with Gasteiger partial charge in [-0.05, 0) is 18.1 Å². The number of hydrogen-bond acceptors (Lipinski definition) is 2. The van der Waals surface area contributed by atoms with E-state index in [1.54, 1.807) is 6.20 Å². The molecule has 2 rings (SSSR count). The Labute approximate surface area is 71.9 Å². The van der Waals surface area contributed by atoms with Crippen LogP contribution in [0.3, 0.4) is 0 Å². The molecule has 1 fully saturated rings. The molecule has 0 amide bonds. The van der Waals surface area contributed by atoms with Crippen molar-refractivity contribution in [3.63, 3.8) is 0 Å². The normalized spacial score (nSPS) is 32.5. The van der Waals surface area contributed by atoms with Crippen LogP contribution in [0.15, 0.2) is 24.5 Å². The number of rotatable bonds is 1. The maximum atomic E-state index is 8.73. The fourth-order valence-electron chi connectivity index (χ4n) is 1.57. The van der Waals surface area contributed by atoms with Crippen molar-refractivity contribution in [1.82, 2.24) is 4.98 Å². The molecule has 1 saturated carbocycles. The van der Waals surface area contributed by atoms with Gasteiger partial charge in [0.2, 0.25) is 0 Å². The Bertz CT molecular complexity index is 325. The summed E-state index contributed by atoms with van der Waals surface area (Å²) < 4.78 is 0. The van der Waals surface area contributed by atoms with E-state index in [9.17, 15) is 0 Å². The Kier molecular flexibility index (Phi) is 1.41. The molecule has 1 aromatic rings. The van der Waals surface area contributed by atoms with E-state index in [0.29, 0.717) is 0 Å². The summed E-state index contributed by atoms with van der Waals surface area (Å²) in [4.78, 5) is 4.05. The molecular formula is C10H10N2. The zero-order valence-electron chi connectivity index (χ0n) is 6.99. The van der Waals surface area contributed by atoms with Gasteiger partial charge in [-0.25, -0.2) is 0 Å². The third-order valence-electron chi connectivity index (χ3n) is 2.71. The molecule has 0 aliphatic heterocycles. The van der Waals surface area contributed by atoms with Crippen LogP contribution in [-0.4, -0.2) is 4.98 Å². The summed E-state index contributed by atoms with van der Waals surface area (Å²) in [5, 5.41) is 8.73. The van der Waals surface area contributed by atoms with Gasteiger partial charge in [0.25, 0.3) is 0 Å². The second-order valence-corrected chi connectivity index (χ2v) is 3.54. The van der Waals surface area contributed by atoms with E-state index < -0.39 is 0 Å². The van der Waals surface area contributed by atoms with Crippen molar-refractivity contribution in [2.24, 2.45) is 5.92 Å². The fraction of sp³-hybridized carbons (Fsp3) is 0.400. The molecule has 2 nitrogen and oxygen atoms in total. The molecule has 2 atom stereocenters. The van der Waals surface area contributed by atoms with Crippen LogP contribution < -0.4 is 0 Å². The van der Waals surface area contributed by atoms with Crippen molar-refractivity contribution in [1.29, 1.82) is 5.26 Å². The number of pyridine rings is 1. The van der Waals surface area contributed by atoms with E-state index in [0.717, 1.165) is 6.42 Å². The number of nitriles is 1. The van der Waals surface area contributed by atoms with E-state index in [2.05, 4.69) is 18.0 Å². The van der Waals surface area contributed by atoms with Gasteiger partial charge in [-0.15, -0.1) is 0 Å². The van der Waals surface area contributed by atoms with Crippen LogP contribution in [0.1, 0.15) is 18.9 Å². The third-order valence-corrected chi connectivity index (χ3v) is 2.71. The summed E-state index contributed by atoms with van der Waals surface area (Å²) in [5.74, 6) is 0.196. The highest BCUT2D eigenvalue weighted by Gasteiger charge is 2.51. The van der Waals surface area contributed by atoms with Gasteiger partial charge in [-0.1, -0.05) is 13.0 Å². The van der Waals surface area contributed by atoms with Crippen LogP contribution in [0.2, 0.25) is 0 Å². The topological polar surface area (TPSA) is 36.7 Å². The van der Waals surface area contributed by atoms with E-state index in [1.165, 1.54) is 5.56 Å². The maximum Gasteiger partial charge on any atom is 0.0665 e. The van der Waals surface area contributed by atoms with Crippen molar-refractivity contribution in [3.05, 3.63) is 30.1 Å². The highest BCUT2D eigenvalue weighted by atomic mass is 14.6. The lowest BCUT2D eigenvalue weighted by molar-refractivity contribution is 0.737. The van der Waals surface area contributed by atoms with Crippen LogP contribution >= 0.6 is 0 Å². The third kappa shape index (κ3) is 0.902. The SMILES string of the molecule is CC1(c2cccnc2)CC1C#N. The van der Waals surface area contributed by atoms with Gasteiger partial charge in [0.15, 0.2) is 0 Å². The first-order valence-electron chi connectivity index (χ1n) is 4.07. The van der Waals surface area contributed by atoms with Crippen LogP contribution in [0.4, 0.5) is 0 Å². The zero-order chi connectivity index (χ0) is 8.60. The summed E-state index contributed by atoms with van der Waals surface area (Å²) in [6, 6.07) is 6.27. The largest absolute Gasteiger partial charge is 0.264 e. The average Bonchev–Trinajstić information content (AvgIpc) is 2.81. The van der Waals surface area contributed by atoms with Gasteiger partial charge in [0, 0.05) is 17.8 Å². The van der Waals surface area contributed by atoms with Gasteiger partial charge in [-0.2, -0.15) is 5.26 Å². The van der Waals surface area contributed by atoms with Crippen LogP contribution in [0.5, 0.6) is 0 Å². The first-order chi connectivity index (χ1) is 5.77. The summed E-state index contributed by atoms with van der Waals surface area (Å²) in [5.41, 5.74) is 1.28. The summed E-state index contributed by atoms with van der Waals surface area (Å²) in [6.45, 7) is 2.12. The van der Waals surface area contributed by atoms with Crippen LogP contribution in [0.25, 0.3) is 0 Å². The molecule has 0 saturated heterocycles. The van der Waals surface area contributed by atoms with Gasteiger partial charge >= 0.3 is 0 Å². The van der Waals surface area contributed by atoms with Gasteiger partial charge in [-0.3, -0.25) is 4.98 Å². The predicted octanol–water partition coefficient (Wildman–Crippen LogP) is 1.88. The fourth-order valence-corrected chi connectivity index (χ4v) is 1.57. The number of nitrogens with zero attached hydrogens (tertiary/aromatic N) is 2. The van der Waals surface area contributed by atoms with E-state index >= 15 is 0 Å². The Morgan fingerprint density at radius 2 is 2.58 bits per heavy atom. The molecule has 1 aliphatic rings. The zero-order valence-corrected chi connectivity index (χ0v) is 6.99. The summed E-state index contributed by atoms with van der Waals surface area (Å²) >= 11 is 0. The van der Waals surface area contributed by atoms with Gasteiger partial charge in [0.05, 0.1) is 12.0 Å². The van der Waals surface area contributed by atoms with Crippen molar-refractivity contribution < 1.29 is 0 Å². The monoisotopic (exact) mass is 158 g/mol. The lowest BCUT2D eigenvalue weighted by atomic mass is 9.98. The Balaban J connectivity index is 2.30. The quantitative estimate of drug-likeness (QED) is 0.625. The molecule has 1 aromatic heterocycles. The van der Waals surface area contributed by atoms with E-state index in [1.807, 2.05) is 18.3 Å². The highest BCUT2D eigenvalue weighted by Crippen LogP contribution is 2.53. The first kappa shape index (κ1) is 7.30. The molecule has 60 valence electrons. The van der Waals surface area contributed by atoms with Crippen molar-refractivity contribution in [3.8, 4) is 6.07 Å². The number of aromatic nitrogens is 1. The molecule has 2 unspecified atom stereocenters. The standard InChI is InChI=1S/C10H10N2/c1-10(5-9(10)6-11)8-3-2-4-12-7-8/h2-4,7,9H,5H2,1H3. The van der Waals surface area contributed by atoms with E-state index in [4.69, 9.17) is 5.26 Å². The first-order valence-corrected chi connectivity index (χ1v) is 4.07. The minimum atomic E-state index is 0.0863. The molecule has 0 bridgehead atoms. The second kappa shape index (κ2) is 2.31. The summed E-state index contributed by atoms with van der Waals surface area (Å²) in [6.07, 6.45) is 4.60. The molecule has 2 heteroatoms. The Hall–Kier alpha value is -1.36. The number of hydrogen-bond donors (Lipinski definition) is 0. The minimum absolute atomic E-state index is 0.0863. The molecule has 0 radical (unpaired) electrons. The minimum Gasteiger partial charge on any atom is -0.264 e. The molecule has 1 heterocycles. The lowest BCUT2D eigenvalue weighted by Crippen LogP contribution is -2.03. The van der Waals surface area contributed by atoms with Crippen molar-refractivity contribution in [2.45, 2.75) is 18.8 Å². The maximum absolute atomic E-state index is 8.73. The van der Waals surface area contributed by atoms with Crippen molar-refractivity contribution in [2.75, 3.05) is 0 Å². The molecular weight excluding hydrogens is 148 g/mol. The molecule has 12 heavy (non-hydrogen) atoms.